The molecule has 1 atom stereocenters. The topological polar surface area (TPSA) is 64.1 Å². The number of hydrogen-bond donors (Lipinski definition) is 1. The van der Waals surface area contributed by atoms with Gasteiger partial charge in [-0.15, -0.1) is 10.2 Å². The van der Waals surface area contributed by atoms with E-state index in [1.165, 1.54) is 11.3 Å². The number of nitrogens with one attached hydrogen (secondary N) is 1. The lowest BCUT2D eigenvalue weighted by molar-refractivity contribution is -0.122. The third-order valence-corrected chi connectivity index (χ3v) is 4.06. The van der Waals surface area contributed by atoms with E-state index in [2.05, 4.69) is 15.5 Å². The minimum Gasteiger partial charge on any atom is -0.480 e. The molecule has 2 rings (SSSR count). The first-order chi connectivity index (χ1) is 10.0. The molecule has 0 aliphatic heterocycles. The molecule has 1 aromatic carbocycles. The molecule has 0 aliphatic carbocycles. The number of nitrogens with zero attached hydrogens (tertiary/aromatic N) is 2. The van der Waals surface area contributed by atoms with Crippen LogP contribution in [-0.4, -0.2) is 22.2 Å². The molecule has 0 aliphatic rings. The van der Waals surface area contributed by atoms with Gasteiger partial charge in [-0.1, -0.05) is 36.5 Å². The molecule has 112 valence electrons. The van der Waals surface area contributed by atoms with Gasteiger partial charge in [0.05, 0.1) is 0 Å². The van der Waals surface area contributed by atoms with Crippen molar-refractivity contribution in [2.75, 3.05) is 5.32 Å². The molecule has 0 fully saturated rings. The van der Waals surface area contributed by atoms with Crippen LogP contribution in [0, 0.1) is 13.8 Å². The zero-order chi connectivity index (χ0) is 15.4. The predicted octanol–water partition coefficient (Wildman–Crippen LogP) is 3.12. The van der Waals surface area contributed by atoms with E-state index in [1.807, 2.05) is 39.0 Å². The number of rotatable bonds is 5. The molecule has 0 saturated heterocycles. The molecule has 21 heavy (non-hydrogen) atoms. The third kappa shape index (κ3) is 3.78. The van der Waals surface area contributed by atoms with Crippen LogP contribution in [0.5, 0.6) is 5.75 Å². The molecular weight excluding hydrogens is 286 g/mol. The van der Waals surface area contributed by atoms with E-state index in [9.17, 15) is 4.79 Å². The molecule has 1 unspecified atom stereocenters. The zero-order valence-corrected chi connectivity index (χ0v) is 13.5. The fourth-order valence-electron chi connectivity index (χ4n) is 1.87. The Hall–Kier alpha value is -1.95. The van der Waals surface area contributed by atoms with Gasteiger partial charge in [0.15, 0.2) is 6.10 Å². The van der Waals surface area contributed by atoms with Gasteiger partial charge in [0, 0.05) is 0 Å². The Morgan fingerprint density at radius 2 is 2.00 bits per heavy atom. The molecule has 0 spiro atoms. The number of aryl methyl sites for hydroxylation is 3. The van der Waals surface area contributed by atoms with Crippen molar-refractivity contribution in [1.29, 1.82) is 0 Å². The SMILES string of the molecule is CCc1nnc(NC(=O)C(C)Oc2c(C)cccc2C)s1. The number of amides is 1. The van der Waals surface area contributed by atoms with E-state index in [0.29, 0.717) is 5.13 Å². The van der Waals surface area contributed by atoms with Gasteiger partial charge in [-0.25, -0.2) is 0 Å². The Bertz CT molecular complexity index is 619. The number of ether oxygens (including phenoxy) is 1. The Balaban J connectivity index is 2.02. The van der Waals surface area contributed by atoms with E-state index in [1.54, 1.807) is 6.92 Å². The minimum atomic E-state index is -0.598. The summed E-state index contributed by atoms with van der Waals surface area (Å²) in [5.74, 6) is 0.531. The number of aromatic nitrogens is 2. The molecule has 6 heteroatoms. The Labute approximate surface area is 128 Å². The first-order valence-electron chi connectivity index (χ1n) is 6.87. The van der Waals surface area contributed by atoms with Gasteiger partial charge in [0.2, 0.25) is 5.13 Å². The van der Waals surface area contributed by atoms with Crippen molar-refractivity contribution in [3.8, 4) is 5.75 Å². The quantitative estimate of drug-likeness (QED) is 0.922. The Morgan fingerprint density at radius 3 is 2.57 bits per heavy atom. The molecule has 1 aromatic heterocycles. The van der Waals surface area contributed by atoms with Crippen molar-refractivity contribution < 1.29 is 9.53 Å². The van der Waals surface area contributed by atoms with Gasteiger partial charge < -0.3 is 4.74 Å². The van der Waals surface area contributed by atoms with E-state index >= 15 is 0 Å². The monoisotopic (exact) mass is 305 g/mol. The first kappa shape index (κ1) is 15.4. The van der Waals surface area contributed by atoms with Crippen LogP contribution in [0.1, 0.15) is 30.0 Å². The molecule has 2 aromatic rings. The van der Waals surface area contributed by atoms with E-state index < -0.39 is 6.10 Å². The number of para-hydroxylation sites is 1. The van der Waals surface area contributed by atoms with Crippen molar-refractivity contribution >= 4 is 22.4 Å². The van der Waals surface area contributed by atoms with Gasteiger partial charge in [-0.2, -0.15) is 0 Å². The second kappa shape index (κ2) is 6.67. The number of carbonyl (C=O) groups excluding carboxylic acids is 1. The van der Waals surface area contributed by atoms with Crippen LogP contribution >= 0.6 is 11.3 Å². The van der Waals surface area contributed by atoms with E-state index in [-0.39, 0.29) is 5.91 Å². The maximum Gasteiger partial charge on any atom is 0.266 e. The molecular formula is C15H19N3O2S. The van der Waals surface area contributed by atoms with Crippen LogP contribution in [0.3, 0.4) is 0 Å². The highest BCUT2D eigenvalue weighted by molar-refractivity contribution is 7.15. The molecule has 1 heterocycles. The molecule has 1 N–H and O–H groups in total. The first-order valence-corrected chi connectivity index (χ1v) is 7.69. The average Bonchev–Trinajstić information content (AvgIpc) is 2.90. The van der Waals surface area contributed by atoms with Crippen molar-refractivity contribution in [2.24, 2.45) is 0 Å². The van der Waals surface area contributed by atoms with Crippen LogP contribution < -0.4 is 10.1 Å². The lowest BCUT2D eigenvalue weighted by Crippen LogP contribution is -2.30. The van der Waals surface area contributed by atoms with Gasteiger partial charge in [-0.05, 0) is 38.3 Å². The number of carbonyl (C=O) groups is 1. The van der Waals surface area contributed by atoms with Crippen molar-refractivity contribution in [3.05, 3.63) is 34.3 Å². The Morgan fingerprint density at radius 1 is 1.33 bits per heavy atom. The maximum absolute atomic E-state index is 12.1. The van der Waals surface area contributed by atoms with Gasteiger partial charge in [0.1, 0.15) is 10.8 Å². The summed E-state index contributed by atoms with van der Waals surface area (Å²) in [6.45, 7) is 7.65. The number of benzene rings is 1. The smallest absolute Gasteiger partial charge is 0.266 e. The van der Waals surface area contributed by atoms with Crippen LogP contribution in [0.2, 0.25) is 0 Å². The van der Waals surface area contributed by atoms with Gasteiger partial charge >= 0.3 is 0 Å². The summed E-state index contributed by atoms with van der Waals surface area (Å²) in [6, 6.07) is 5.90. The summed E-state index contributed by atoms with van der Waals surface area (Å²) in [4.78, 5) is 12.1. The van der Waals surface area contributed by atoms with Crippen molar-refractivity contribution in [3.63, 3.8) is 0 Å². The van der Waals surface area contributed by atoms with Gasteiger partial charge in [-0.3, -0.25) is 10.1 Å². The summed E-state index contributed by atoms with van der Waals surface area (Å²) in [5, 5.41) is 12.0. The van der Waals surface area contributed by atoms with Crippen LogP contribution in [0.15, 0.2) is 18.2 Å². The van der Waals surface area contributed by atoms with Crippen LogP contribution in [0.25, 0.3) is 0 Å². The van der Waals surface area contributed by atoms with Crippen molar-refractivity contribution in [1.82, 2.24) is 10.2 Å². The zero-order valence-electron chi connectivity index (χ0n) is 12.6. The van der Waals surface area contributed by atoms with Gasteiger partial charge in [0.25, 0.3) is 5.91 Å². The highest BCUT2D eigenvalue weighted by Gasteiger charge is 2.18. The molecule has 5 nitrogen and oxygen atoms in total. The largest absolute Gasteiger partial charge is 0.480 e. The lowest BCUT2D eigenvalue weighted by atomic mass is 10.1. The summed E-state index contributed by atoms with van der Waals surface area (Å²) >= 11 is 1.38. The van der Waals surface area contributed by atoms with Crippen molar-refractivity contribution in [2.45, 2.75) is 40.2 Å². The summed E-state index contributed by atoms with van der Waals surface area (Å²) in [5.41, 5.74) is 2.03. The highest BCUT2D eigenvalue weighted by Crippen LogP contribution is 2.24. The normalized spacial score (nSPS) is 12.0. The van der Waals surface area contributed by atoms with Crippen LogP contribution in [0.4, 0.5) is 5.13 Å². The second-order valence-electron chi connectivity index (χ2n) is 4.82. The molecule has 1 amide bonds. The maximum atomic E-state index is 12.1. The molecule has 0 radical (unpaired) electrons. The summed E-state index contributed by atoms with van der Waals surface area (Å²) < 4.78 is 5.79. The standard InChI is InChI=1S/C15H19N3O2S/c1-5-12-17-18-15(21-12)16-14(19)11(4)20-13-9(2)7-6-8-10(13)3/h6-8,11H,5H2,1-4H3,(H,16,18,19). The summed E-state index contributed by atoms with van der Waals surface area (Å²) in [6.07, 6.45) is 0.209. The third-order valence-electron chi connectivity index (χ3n) is 3.07. The Kier molecular flexibility index (Phi) is 4.90. The van der Waals surface area contributed by atoms with E-state index in [4.69, 9.17) is 4.74 Å². The predicted molar refractivity (Wildman–Crippen MR) is 83.9 cm³/mol. The minimum absolute atomic E-state index is 0.226. The summed E-state index contributed by atoms with van der Waals surface area (Å²) in [7, 11) is 0. The second-order valence-corrected chi connectivity index (χ2v) is 5.89. The fraction of sp³-hybridized carbons (Fsp3) is 0.400. The molecule has 0 saturated carbocycles. The highest BCUT2D eigenvalue weighted by atomic mass is 32.1. The van der Waals surface area contributed by atoms with E-state index in [0.717, 1.165) is 28.3 Å². The van der Waals surface area contributed by atoms with Crippen LogP contribution in [-0.2, 0) is 11.2 Å². The molecule has 0 bridgehead atoms. The number of anilines is 1. The average molecular weight is 305 g/mol. The fourth-order valence-corrected chi connectivity index (χ4v) is 2.55. The number of hydrogen-bond acceptors (Lipinski definition) is 5. The lowest BCUT2D eigenvalue weighted by Gasteiger charge is -2.17.